The predicted octanol–water partition coefficient (Wildman–Crippen LogP) is 6.51. The zero-order chi connectivity index (χ0) is 26.7. The summed E-state index contributed by atoms with van der Waals surface area (Å²) in [5, 5.41) is 0.988. The second-order valence-corrected chi connectivity index (χ2v) is 9.44. The van der Waals surface area contributed by atoms with Crippen molar-refractivity contribution in [3.05, 3.63) is 98.4 Å². The molecule has 0 aromatic heterocycles. The van der Waals surface area contributed by atoms with Gasteiger partial charge in [-0.05, 0) is 78.0 Å². The van der Waals surface area contributed by atoms with Crippen LogP contribution in [0.2, 0.25) is 15.1 Å². The van der Waals surface area contributed by atoms with Crippen LogP contribution in [0.15, 0.2) is 66.4 Å². The van der Waals surface area contributed by atoms with Gasteiger partial charge in [-0.3, -0.25) is 14.5 Å². The lowest BCUT2D eigenvalue weighted by atomic mass is 10.1. The fraction of sp³-hybridized carbons (Fsp3) is 0.115. The number of amides is 1. The highest BCUT2D eigenvalue weighted by molar-refractivity contribution is 7.80. The monoisotopic (exact) mass is 578 g/mol. The van der Waals surface area contributed by atoms with E-state index < -0.39 is 11.9 Å². The standard InChI is InChI=1S/C26H18Cl3FN2O4S/c1-35-23(33)13-31-22(25(34)32(26(31)37)19-8-4-17(27)5-9-19)12-16-10-20(28)24(21(29)11-16)36-14-15-2-6-18(30)7-3-15/h2-12H,13-14H2,1H3/b22-12-. The Morgan fingerprint density at radius 2 is 1.65 bits per heavy atom. The largest absolute Gasteiger partial charge is 0.486 e. The van der Waals surface area contributed by atoms with E-state index in [1.54, 1.807) is 48.5 Å². The van der Waals surface area contributed by atoms with E-state index in [4.69, 9.17) is 56.5 Å². The van der Waals surface area contributed by atoms with Gasteiger partial charge in [0.25, 0.3) is 5.91 Å². The molecule has 0 radical (unpaired) electrons. The van der Waals surface area contributed by atoms with Crippen LogP contribution in [0.1, 0.15) is 11.1 Å². The molecule has 190 valence electrons. The minimum Gasteiger partial charge on any atom is -0.486 e. The van der Waals surface area contributed by atoms with Gasteiger partial charge in [0.2, 0.25) is 0 Å². The van der Waals surface area contributed by atoms with Gasteiger partial charge < -0.3 is 14.4 Å². The van der Waals surface area contributed by atoms with E-state index in [-0.39, 0.29) is 45.6 Å². The van der Waals surface area contributed by atoms with Crippen molar-refractivity contribution in [2.45, 2.75) is 6.61 Å². The molecule has 0 bridgehead atoms. The van der Waals surface area contributed by atoms with Crippen molar-refractivity contribution in [2.75, 3.05) is 18.6 Å². The van der Waals surface area contributed by atoms with Crippen molar-refractivity contribution >= 4 is 75.8 Å². The van der Waals surface area contributed by atoms with E-state index in [1.807, 2.05) is 0 Å². The highest BCUT2D eigenvalue weighted by atomic mass is 35.5. The fourth-order valence-electron chi connectivity index (χ4n) is 3.54. The van der Waals surface area contributed by atoms with Crippen molar-refractivity contribution in [3.8, 4) is 5.75 Å². The molecule has 3 aromatic rings. The number of carbonyl (C=O) groups is 2. The number of esters is 1. The molecule has 0 aliphatic carbocycles. The Labute approximate surface area is 232 Å². The third kappa shape index (κ3) is 6.05. The number of hydrogen-bond donors (Lipinski definition) is 0. The van der Waals surface area contributed by atoms with E-state index >= 15 is 0 Å². The molecule has 37 heavy (non-hydrogen) atoms. The number of halogens is 4. The van der Waals surface area contributed by atoms with Crippen LogP contribution in [0, 0.1) is 5.82 Å². The average molecular weight is 580 g/mol. The van der Waals surface area contributed by atoms with Gasteiger partial charge in [0.15, 0.2) is 10.9 Å². The maximum Gasteiger partial charge on any atom is 0.325 e. The molecule has 6 nitrogen and oxygen atoms in total. The van der Waals surface area contributed by atoms with Crippen molar-refractivity contribution < 1.29 is 23.5 Å². The minimum absolute atomic E-state index is 0.0976. The molecule has 11 heteroatoms. The van der Waals surface area contributed by atoms with E-state index in [1.165, 1.54) is 35.1 Å². The summed E-state index contributed by atoms with van der Waals surface area (Å²) in [6.07, 6.45) is 1.52. The van der Waals surface area contributed by atoms with Gasteiger partial charge in [-0.15, -0.1) is 0 Å². The minimum atomic E-state index is -0.584. The van der Waals surface area contributed by atoms with Crippen LogP contribution < -0.4 is 9.64 Å². The molecule has 0 atom stereocenters. The second kappa shape index (κ2) is 11.5. The Morgan fingerprint density at radius 3 is 2.24 bits per heavy atom. The van der Waals surface area contributed by atoms with Gasteiger partial charge in [-0.25, -0.2) is 4.39 Å². The molecule has 1 amide bonds. The van der Waals surface area contributed by atoms with Gasteiger partial charge in [-0.1, -0.05) is 46.9 Å². The normalized spacial score (nSPS) is 14.5. The predicted molar refractivity (Wildman–Crippen MR) is 145 cm³/mol. The maximum atomic E-state index is 13.4. The first-order valence-corrected chi connectivity index (χ1v) is 12.3. The summed E-state index contributed by atoms with van der Waals surface area (Å²) >= 11 is 24.4. The summed E-state index contributed by atoms with van der Waals surface area (Å²) in [6.45, 7) is -0.160. The van der Waals surface area contributed by atoms with Gasteiger partial charge in [0.1, 0.15) is 24.7 Å². The number of benzene rings is 3. The first kappa shape index (κ1) is 26.9. The third-order valence-corrected chi connectivity index (χ3v) is 6.57. The Hall–Kier alpha value is -3.17. The summed E-state index contributed by atoms with van der Waals surface area (Å²) in [5.74, 6) is -1.16. The highest BCUT2D eigenvalue weighted by Crippen LogP contribution is 2.37. The van der Waals surface area contributed by atoms with Crippen LogP contribution >= 0.6 is 47.0 Å². The van der Waals surface area contributed by atoms with Crippen molar-refractivity contribution in [3.63, 3.8) is 0 Å². The lowest BCUT2D eigenvalue weighted by Crippen LogP contribution is -2.35. The molecule has 1 heterocycles. The molecule has 3 aromatic carbocycles. The van der Waals surface area contributed by atoms with E-state index in [2.05, 4.69) is 0 Å². The average Bonchev–Trinajstić information content (AvgIpc) is 3.09. The summed E-state index contributed by atoms with van der Waals surface area (Å²) < 4.78 is 23.7. The van der Waals surface area contributed by atoms with E-state index in [0.717, 1.165) is 5.56 Å². The number of thiocarbonyl (C=S) groups is 1. The van der Waals surface area contributed by atoms with Crippen LogP contribution in [0.3, 0.4) is 0 Å². The van der Waals surface area contributed by atoms with E-state index in [9.17, 15) is 14.0 Å². The molecular weight excluding hydrogens is 562 g/mol. The lowest BCUT2D eigenvalue weighted by Gasteiger charge is -2.19. The third-order valence-electron chi connectivity index (χ3n) is 5.36. The summed E-state index contributed by atoms with van der Waals surface area (Å²) in [7, 11) is 1.24. The summed E-state index contributed by atoms with van der Waals surface area (Å²) in [4.78, 5) is 28.2. The van der Waals surface area contributed by atoms with Crippen LogP contribution in [0.5, 0.6) is 5.75 Å². The molecule has 0 spiro atoms. The van der Waals surface area contributed by atoms with Crippen LogP contribution in [0.25, 0.3) is 6.08 Å². The SMILES string of the molecule is COC(=O)CN1C(=S)N(c2ccc(Cl)cc2)C(=O)/C1=C/c1cc(Cl)c(OCc2ccc(F)cc2)c(Cl)c1. The molecular formula is C26H18Cl3FN2O4S. The first-order chi connectivity index (χ1) is 17.7. The molecule has 1 aliphatic rings. The number of methoxy groups -OCH3 is 1. The summed E-state index contributed by atoms with van der Waals surface area (Å²) in [6, 6.07) is 15.5. The Morgan fingerprint density at radius 1 is 1.03 bits per heavy atom. The summed E-state index contributed by atoms with van der Waals surface area (Å²) in [5.41, 5.74) is 1.81. The number of hydrogen-bond acceptors (Lipinski definition) is 5. The zero-order valence-electron chi connectivity index (χ0n) is 19.2. The van der Waals surface area contributed by atoms with Gasteiger partial charge in [0, 0.05) is 5.02 Å². The highest BCUT2D eigenvalue weighted by Gasteiger charge is 2.40. The van der Waals surface area contributed by atoms with Crippen LogP contribution in [-0.4, -0.2) is 35.5 Å². The number of anilines is 1. The quantitative estimate of drug-likeness (QED) is 0.181. The Balaban J connectivity index is 1.65. The fourth-order valence-corrected chi connectivity index (χ4v) is 4.63. The van der Waals surface area contributed by atoms with Crippen molar-refractivity contribution in [1.29, 1.82) is 0 Å². The molecule has 0 N–H and O–H groups in total. The topological polar surface area (TPSA) is 59.1 Å². The van der Waals surface area contributed by atoms with Gasteiger partial charge in [0.05, 0.1) is 22.8 Å². The molecule has 1 fully saturated rings. The molecule has 4 rings (SSSR count). The van der Waals surface area contributed by atoms with E-state index in [0.29, 0.717) is 16.3 Å². The first-order valence-electron chi connectivity index (χ1n) is 10.7. The van der Waals surface area contributed by atoms with Crippen molar-refractivity contribution in [1.82, 2.24) is 4.90 Å². The second-order valence-electron chi connectivity index (χ2n) is 7.82. The van der Waals surface area contributed by atoms with Crippen LogP contribution in [0.4, 0.5) is 10.1 Å². The number of ether oxygens (including phenoxy) is 2. The lowest BCUT2D eigenvalue weighted by molar-refractivity contribution is -0.140. The molecule has 0 saturated carbocycles. The molecule has 0 unspecified atom stereocenters. The maximum absolute atomic E-state index is 13.4. The number of rotatable bonds is 7. The smallest absolute Gasteiger partial charge is 0.325 e. The van der Waals surface area contributed by atoms with Crippen LogP contribution in [-0.2, 0) is 20.9 Å². The number of nitrogens with zero attached hydrogens (tertiary/aromatic N) is 2. The molecule has 1 saturated heterocycles. The van der Waals surface area contributed by atoms with Gasteiger partial charge in [-0.2, -0.15) is 0 Å². The van der Waals surface area contributed by atoms with Crippen molar-refractivity contribution in [2.24, 2.45) is 0 Å². The Bertz CT molecular complexity index is 1370. The number of carbonyl (C=O) groups excluding carboxylic acids is 2. The Kier molecular flexibility index (Phi) is 8.34. The van der Waals surface area contributed by atoms with Gasteiger partial charge >= 0.3 is 5.97 Å². The zero-order valence-corrected chi connectivity index (χ0v) is 22.3. The molecule has 1 aliphatic heterocycles.